The van der Waals surface area contributed by atoms with Crippen molar-refractivity contribution in [2.24, 2.45) is 11.8 Å². The zero-order valence-electron chi connectivity index (χ0n) is 10.5. The highest BCUT2D eigenvalue weighted by atomic mass is 19.4. The molecule has 0 aliphatic heterocycles. The largest absolute Gasteiger partial charge is 0.402 e. The van der Waals surface area contributed by atoms with Crippen LogP contribution in [0.15, 0.2) is 24.3 Å². The minimum absolute atomic E-state index is 0.163. The summed E-state index contributed by atoms with van der Waals surface area (Å²) in [5.41, 5.74) is 2.27. The molecule has 3 N–H and O–H groups in total. The summed E-state index contributed by atoms with van der Waals surface area (Å²) < 4.78 is 76.0. The molecule has 0 aliphatic rings. The molecule has 0 saturated heterocycles. The van der Waals surface area contributed by atoms with Crippen molar-refractivity contribution in [2.45, 2.75) is 31.7 Å². The molecule has 114 valence electrons. The Morgan fingerprint density at radius 3 is 1.75 bits per heavy atom. The Bertz CT molecular complexity index is 409. The number of halogens is 6. The van der Waals surface area contributed by atoms with Crippen LogP contribution in [0.4, 0.5) is 26.3 Å². The highest BCUT2D eigenvalue weighted by Gasteiger charge is 2.60. The smallest absolute Gasteiger partial charge is 0.271 e. The lowest BCUT2D eigenvalue weighted by molar-refractivity contribution is -0.292. The number of rotatable bonds is 4. The maximum Gasteiger partial charge on any atom is 0.402 e. The van der Waals surface area contributed by atoms with Crippen LogP contribution in [0.5, 0.6) is 0 Å². The van der Waals surface area contributed by atoms with Gasteiger partial charge in [-0.3, -0.25) is 11.3 Å². The number of nitrogens with two attached hydrogens (primary N) is 1. The van der Waals surface area contributed by atoms with Crippen molar-refractivity contribution in [3.05, 3.63) is 35.4 Å². The minimum atomic E-state index is -5.45. The molecule has 1 rings (SSSR count). The molecule has 0 fully saturated rings. The summed E-state index contributed by atoms with van der Waals surface area (Å²) in [5, 5.41) is 0. The Hall–Kier alpha value is -1.28. The molecule has 0 saturated carbocycles. The molecule has 2 nitrogen and oxygen atoms in total. The molecular weight excluding hydrogens is 286 g/mol. The molecule has 20 heavy (non-hydrogen) atoms. The van der Waals surface area contributed by atoms with E-state index in [1.165, 1.54) is 24.3 Å². The Balaban J connectivity index is 3.19. The Morgan fingerprint density at radius 1 is 1.00 bits per heavy atom. The summed E-state index contributed by atoms with van der Waals surface area (Å²) in [6, 6.07) is 3.30. The van der Waals surface area contributed by atoms with Crippen LogP contribution in [-0.2, 0) is 6.42 Å². The first kappa shape index (κ1) is 16.8. The maximum atomic E-state index is 12.7. The third-order valence-electron chi connectivity index (χ3n) is 2.97. The molecule has 0 radical (unpaired) electrons. The van der Waals surface area contributed by atoms with Crippen LogP contribution in [0.2, 0.25) is 0 Å². The van der Waals surface area contributed by atoms with Gasteiger partial charge in [-0.2, -0.15) is 26.3 Å². The molecule has 8 heteroatoms. The molecule has 1 aromatic carbocycles. The van der Waals surface area contributed by atoms with E-state index in [4.69, 9.17) is 5.84 Å². The standard InChI is InChI=1S/C12H14F6N2/c1-2-7-3-5-8(6-4-7)9(20-19)10(11(13,14)15)12(16,17)18/h3-6,9-10,20H,2,19H2,1H3. The van der Waals surface area contributed by atoms with Gasteiger partial charge in [0.15, 0.2) is 5.92 Å². The number of alkyl halides is 6. The van der Waals surface area contributed by atoms with Crippen LogP contribution in [0.3, 0.4) is 0 Å². The second-order valence-electron chi connectivity index (χ2n) is 4.30. The van der Waals surface area contributed by atoms with Crippen molar-refractivity contribution in [1.82, 2.24) is 5.43 Å². The topological polar surface area (TPSA) is 38.0 Å². The first-order valence-electron chi connectivity index (χ1n) is 5.79. The van der Waals surface area contributed by atoms with Crippen LogP contribution >= 0.6 is 0 Å². The third kappa shape index (κ3) is 3.86. The molecular formula is C12H14F6N2. The van der Waals surface area contributed by atoms with Gasteiger partial charge in [0.05, 0.1) is 6.04 Å². The highest BCUT2D eigenvalue weighted by molar-refractivity contribution is 5.26. The van der Waals surface area contributed by atoms with Crippen molar-refractivity contribution in [2.75, 3.05) is 0 Å². The van der Waals surface area contributed by atoms with E-state index in [1.54, 1.807) is 5.43 Å². The Morgan fingerprint density at radius 2 is 1.45 bits per heavy atom. The van der Waals surface area contributed by atoms with E-state index in [2.05, 4.69) is 0 Å². The molecule has 0 bridgehead atoms. The number of aryl methyl sites for hydroxylation is 1. The van der Waals surface area contributed by atoms with Gasteiger partial charge in [-0.15, -0.1) is 0 Å². The van der Waals surface area contributed by atoms with Crippen LogP contribution in [0, 0.1) is 5.92 Å². The van der Waals surface area contributed by atoms with Gasteiger partial charge in [-0.05, 0) is 17.5 Å². The molecule has 1 unspecified atom stereocenters. The number of hydrogen-bond donors (Lipinski definition) is 2. The van der Waals surface area contributed by atoms with Crippen molar-refractivity contribution < 1.29 is 26.3 Å². The number of benzene rings is 1. The van der Waals surface area contributed by atoms with Crippen molar-refractivity contribution in [3.8, 4) is 0 Å². The fraction of sp³-hybridized carbons (Fsp3) is 0.500. The highest BCUT2D eigenvalue weighted by Crippen LogP contribution is 2.46. The predicted octanol–water partition coefficient (Wildman–Crippen LogP) is 3.49. The molecule has 1 aromatic rings. The fourth-order valence-electron chi connectivity index (χ4n) is 1.91. The van der Waals surface area contributed by atoms with Crippen LogP contribution < -0.4 is 11.3 Å². The second-order valence-corrected chi connectivity index (χ2v) is 4.30. The summed E-state index contributed by atoms with van der Waals surface area (Å²) >= 11 is 0. The predicted molar refractivity (Wildman–Crippen MR) is 61.5 cm³/mol. The van der Waals surface area contributed by atoms with Crippen molar-refractivity contribution >= 4 is 0 Å². The van der Waals surface area contributed by atoms with Gasteiger partial charge in [0.25, 0.3) is 0 Å². The minimum Gasteiger partial charge on any atom is -0.271 e. The molecule has 0 heterocycles. The number of hydrazine groups is 1. The summed E-state index contributed by atoms with van der Waals surface area (Å²) in [4.78, 5) is 0. The van der Waals surface area contributed by atoms with Gasteiger partial charge in [0.2, 0.25) is 0 Å². The summed E-state index contributed by atoms with van der Waals surface area (Å²) in [6.07, 6.45) is -10.3. The van der Waals surface area contributed by atoms with E-state index in [1.807, 2.05) is 6.92 Å². The zero-order valence-corrected chi connectivity index (χ0v) is 10.5. The van der Waals surface area contributed by atoms with E-state index in [-0.39, 0.29) is 5.56 Å². The average molecular weight is 300 g/mol. The quantitative estimate of drug-likeness (QED) is 0.507. The van der Waals surface area contributed by atoms with Crippen molar-refractivity contribution in [3.63, 3.8) is 0 Å². The fourth-order valence-corrected chi connectivity index (χ4v) is 1.91. The monoisotopic (exact) mass is 300 g/mol. The lowest BCUT2D eigenvalue weighted by atomic mass is 9.91. The van der Waals surface area contributed by atoms with Gasteiger partial charge in [-0.1, -0.05) is 31.2 Å². The van der Waals surface area contributed by atoms with Crippen LogP contribution in [-0.4, -0.2) is 12.4 Å². The Kier molecular flexibility index (Phi) is 5.04. The van der Waals surface area contributed by atoms with Gasteiger partial charge in [0, 0.05) is 0 Å². The molecule has 0 aromatic heterocycles. The molecule has 0 spiro atoms. The van der Waals surface area contributed by atoms with E-state index in [0.717, 1.165) is 5.56 Å². The summed E-state index contributed by atoms with van der Waals surface area (Å²) in [5.74, 6) is 1.36. The molecule has 1 atom stereocenters. The lowest BCUT2D eigenvalue weighted by Crippen LogP contribution is -2.47. The average Bonchev–Trinajstić information content (AvgIpc) is 2.33. The van der Waals surface area contributed by atoms with Gasteiger partial charge >= 0.3 is 12.4 Å². The van der Waals surface area contributed by atoms with E-state index >= 15 is 0 Å². The summed E-state index contributed by atoms with van der Waals surface area (Å²) in [6.45, 7) is 1.82. The Labute approximate surface area is 111 Å². The van der Waals surface area contributed by atoms with E-state index in [0.29, 0.717) is 6.42 Å². The molecule has 0 amide bonds. The third-order valence-corrected chi connectivity index (χ3v) is 2.97. The second kappa shape index (κ2) is 6.01. The summed E-state index contributed by atoms with van der Waals surface area (Å²) in [7, 11) is 0. The van der Waals surface area contributed by atoms with Gasteiger partial charge in [0.1, 0.15) is 0 Å². The SMILES string of the molecule is CCc1ccc(C(NN)C(C(F)(F)F)C(F)(F)F)cc1. The number of hydrogen-bond acceptors (Lipinski definition) is 2. The van der Waals surface area contributed by atoms with Crippen LogP contribution in [0.1, 0.15) is 24.1 Å². The van der Waals surface area contributed by atoms with Gasteiger partial charge in [-0.25, -0.2) is 0 Å². The van der Waals surface area contributed by atoms with Gasteiger partial charge < -0.3 is 0 Å². The van der Waals surface area contributed by atoms with Crippen LogP contribution in [0.25, 0.3) is 0 Å². The number of nitrogens with one attached hydrogen (secondary N) is 1. The van der Waals surface area contributed by atoms with Crippen molar-refractivity contribution in [1.29, 1.82) is 0 Å². The first-order valence-corrected chi connectivity index (χ1v) is 5.79. The first-order chi connectivity index (χ1) is 9.11. The maximum absolute atomic E-state index is 12.7. The molecule has 0 aliphatic carbocycles. The lowest BCUT2D eigenvalue weighted by Gasteiger charge is -2.30. The van der Waals surface area contributed by atoms with E-state index < -0.39 is 24.3 Å². The normalized spacial score (nSPS) is 14.7. The van der Waals surface area contributed by atoms with E-state index in [9.17, 15) is 26.3 Å². The zero-order chi connectivity index (χ0) is 15.6.